The Morgan fingerprint density at radius 1 is 1.21 bits per heavy atom. The highest BCUT2D eigenvalue weighted by Crippen LogP contribution is 2.14. The Balaban J connectivity index is 1.40. The highest BCUT2D eigenvalue weighted by Gasteiger charge is 2.08. The molecule has 0 aliphatic heterocycles. The van der Waals surface area contributed by atoms with Crippen molar-refractivity contribution in [1.29, 1.82) is 0 Å². The Morgan fingerprint density at radius 2 is 2.04 bits per heavy atom. The van der Waals surface area contributed by atoms with Crippen LogP contribution in [0.2, 0.25) is 5.02 Å². The number of hydrogen-bond acceptors (Lipinski definition) is 4. The molecule has 0 bridgehead atoms. The van der Waals surface area contributed by atoms with Gasteiger partial charge in [-0.05, 0) is 29.8 Å². The molecule has 2 amide bonds. The topological polar surface area (TPSA) is 95.8 Å². The third-order valence-electron chi connectivity index (χ3n) is 3.29. The van der Waals surface area contributed by atoms with Gasteiger partial charge in [-0.25, -0.2) is 9.78 Å². The third-order valence-corrected chi connectivity index (χ3v) is 3.54. The molecule has 3 rings (SSSR count). The van der Waals surface area contributed by atoms with E-state index < -0.39 is 0 Å². The normalized spacial score (nSPS) is 10.5. The first-order valence-electron chi connectivity index (χ1n) is 7.42. The van der Waals surface area contributed by atoms with E-state index in [-0.39, 0.29) is 6.03 Å². The predicted molar refractivity (Wildman–Crippen MR) is 89.5 cm³/mol. The average molecular weight is 346 g/mol. The lowest BCUT2D eigenvalue weighted by Gasteiger charge is -2.07. The number of carbonyl (C=O) groups excluding carboxylic acids is 1. The highest BCUT2D eigenvalue weighted by atomic mass is 35.5. The smallest absolute Gasteiger partial charge is 0.315 e. The van der Waals surface area contributed by atoms with Crippen molar-refractivity contribution in [2.24, 2.45) is 0 Å². The highest BCUT2D eigenvalue weighted by molar-refractivity contribution is 6.30. The maximum absolute atomic E-state index is 11.8. The molecule has 0 aliphatic carbocycles. The molecule has 0 spiro atoms. The summed E-state index contributed by atoms with van der Waals surface area (Å²) in [6.07, 6.45) is 2.11. The molecule has 124 valence electrons. The fourth-order valence-corrected chi connectivity index (χ4v) is 2.19. The van der Waals surface area contributed by atoms with Gasteiger partial charge in [0.05, 0.1) is 6.26 Å². The van der Waals surface area contributed by atoms with E-state index in [0.29, 0.717) is 41.9 Å². The van der Waals surface area contributed by atoms with E-state index in [1.807, 2.05) is 12.1 Å². The lowest BCUT2D eigenvalue weighted by atomic mass is 10.2. The molecule has 24 heavy (non-hydrogen) atoms. The number of urea groups is 1. The van der Waals surface area contributed by atoms with Crippen LogP contribution in [0.25, 0.3) is 11.6 Å². The largest absolute Gasteiger partial charge is 0.461 e. The van der Waals surface area contributed by atoms with Crippen molar-refractivity contribution in [3.8, 4) is 11.6 Å². The lowest BCUT2D eigenvalue weighted by molar-refractivity contribution is 0.240. The van der Waals surface area contributed by atoms with E-state index in [1.54, 1.807) is 30.5 Å². The number of aromatic amines is 1. The first-order chi connectivity index (χ1) is 11.7. The number of aromatic nitrogens is 3. The molecule has 0 saturated heterocycles. The summed E-state index contributed by atoms with van der Waals surface area (Å²) in [6.45, 7) is 0.882. The van der Waals surface area contributed by atoms with Gasteiger partial charge in [-0.15, -0.1) is 0 Å². The molecule has 1 aromatic carbocycles. The number of furan rings is 1. The number of amides is 2. The summed E-state index contributed by atoms with van der Waals surface area (Å²) in [5.41, 5.74) is 0.980. The molecule has 0 atom stereocenters. The summed E-state index contributed by atoms with van der Waals surface area (Å²) in [7, 11) is 0. The minimum absolute atomic E-state index is 0.240. The van der Waals surface area contributed by atoms with Crippen LogP contribution in [-0.4, -0.2) is 27.8 Å². The molecule has 7 nitrogen and oxygen atoms in total. The zero-order valence-corrected chi connectivity index (χ0v) is 13.5. The first kappa shape index (κ1) is 16.1. The van der Waals surface area contributed by atoms with Crippen molar-refractivity contribution in [3.05, 3.63) is 59.1 Å². The maximum atomic E-state index is 11.8. The van der Waals surface area contributed by atoms with Crippen LogP contribution in [0.4, 0.5) is 4.79 Å². The summed E-state index contributed by atoms with van der Waals surface area (Å²) in [5, 5.41) is 13.1. The zero-order chi connectivity index (χ0) is 16.8. The molecule has 8 heteroatoms. The van der Waals surface area contributed by atoms with Gasteiger partial charge >= 0.3 is 6.03 Å². The number of hydrogen-bond donors (Lipinski definition) is 3. The second-order valence-electron chi connectivity index (χ2n) is 5.07. The lowest BCUT2D eigenvalue weighted by Crippen LogP contribution is -2.36. The van der Waals surface area contributed by atoms with Crippen LogP contribution in [-0.2, 0) is 13.0 Å². The second kappa shape index (κ2) is 7.65. The molecular weight excluding hydrogens is 330 g/mol. The molecule has 2 aromatic heterocycles. The molecule has 0 unspecified atom stereocenters. The summed E-state index contributed by atoms with van der Waals surface area (Å²) in [4.78, 5) is 16.1. The SMILES string of the molecule is O=C(NCCc1nc(-c2ccco2)n[nH]1)NCc1ccc(Cl)cc1. The van der Waals surface area contributed by atoms with Crippen LogP contribution in [0.1, 0.15) is 11.4 Å². The van der Waals surface area contributed by atoms with Crippen LogP contribution in [0, 0.1) is 0 Å². The van der Waals surface area contributed by atoms with Crippen LogP contribution < -0.4 is 10.6 Å². The van der Waals surface area contributed by atoms with Crippen molar-refractivity contribution < 1.29 is 9.21 Å². The Hall–Kier alpha value is -2.80. The molecule has 0 radical (unpaired) electrons. The number of nitrogens with zero attached hydrogens (tertiary/aromatic N) is 2. The van der Waals surface area contributed by atoms with Gasteiger partial charge in [0.2, 0.25) is 5.82 Å². The fraction of sp³-hybridized carbons (Fsp3) is 0.188. The summed E-state index contributed by atoms with van der Waals surface area (Å²) in [6, 6.07) is 10.6. The van der Waals surface area contributed by atoms with E-state index in [2.05, 4.69) is 25.8 Å². The first-order valence-corrected chi connectivity index (χ1v) is 7.80. The average Bonchev–Trinajstić information content (AvgIpc) is 3.25. The molecule has 0 fully saturated rings. The zero-order valence-electron chi connectivity index (χ0n) is 12.8. The van der Waals surface area contributed by atoms with Gasteiger partial charge in [0.1, 0.15) is 5.82 Å². The minimum Gasteiger partial charge on any atom is -0.461 e. The summed E-state index contributed by atoms with van der Waals surface area (Å²) < 4.78 is 5.22. The molecular formula is C16H16ClN5O2. The molecule has 0 aliphatic rings. The number of benzene rings is 1. The van der Waals surface area contributed by atoms with Crippen LogP contribution in [0.5, 0.6) is 0 Å². The summed E-state index contributed by atoms with van der Waals surface area (Å²) >= 11 is 5.82. The standard InChI is InChI=1S/C16H16ClN5O2/c17-12-5-3-11(4-6-12)10-19-16(23)18-8-7-14-20-15(22-21-14)13-2-1-9-24-13/h1-6,9H,7-8,10H2,(H2,18,19,23)(H,20,21,22). The number of H-pyrrole nitrogens is 1. The van der Waals surface area contributed by atoms with Gasteiger partial charge in [0.25, 0.3) is 0 Å². The van der Waals surface area contributed by atoms with Gasteiger partial charge in [0.15, 0.2) is 5.76 Å². The monoisotopic (exact) mass is 345 g/mol. The van der Waals surface area contributed by atoms with Crippen molar-refractivity contribution in [2.45, 2.75) is 13.0 Å². The van der Waals surface area contributed by atoms with E-state index in [4.69, 9.17) is 16.0 Å². The molecule has 3 N–H and O–H groups in total. The number of halogens is 1. The Morgan fingerprint density at radius 3 is 2.79 bits per heavy atom. The van der Waals surface area contributed by atoms with Crippen LogP contribution >= 0.6 is 11.6 Å². The number of nitrogens with one attached hydrogen (secondary N) is 3. The van der Waals surface area contributed by atoms with Gasteiger partial charge in [0, 0.05) is 24.5 Å². The van der Waals surface area contributed by atoms with Gasteiger partial charge < -0.3 is 15.1 Å². The predicted octanol–water partition coefficient (Wildman–Crippen LogP) is 2.76. The van der Waals surface area contributed by atoms with Crippen molar-refractivity contribution in [1.82, 2.24) is 25.8 Å². The molecule has 2 heterocycles. The minimum atomic E-state index is -0.240. The van der Waals surface area contributed by atoms with Crippen molar-refractivity contribution >= 4 is 17.6 Å². The molecule has 3 aromatic rings. The second-order valence-corrected chi connectivity index (χ2v) is 5.51. The van der Waals surface area contributed by atoms with Gasteiger partial charge in [-0.1, -0.05) is 23.7 Å². The number of rotatable bonds is 6. The quantitative estimate of drug-likeness (QED) is 0.640. The van der Waals surface area contributed by atoms with E-state index in [0.717, 1.165) is 5.56 Å². The van der Waals surface area contributed by atoms with Crippen LogP contribution in [0.3, 0.4) is 0 Å². The maximum Gasteiger partial charge on any atom is 0.315 e. The summed E-state index contributed by atoms with van der Waals surface area (Å²) in [5.74, 6) is 1.78. The van der Waals surface area contributed by atoms with Crippen molar-refractivity contribution in [2.75, 3.05) is 6.54 Å². The van der Waals surface area contributed by atoms with Crippen molar-refractivity contribution in [3.63, 3.8) is 0 Å². The Bertz CT molecular complexity index is 783. The van der Waals surface area contributed by atoms with Gasteiger partial charge in [-0.3, -0.25) is 5.10 Å². The van der Waals surface area contributed by atoms with Gasteiger partial charge in [-0.2, -0.15) is 5.10 Å². The van der Waals surface area contributed by atoms with E-state index in [9.17, 15) is 4.79 Å². The number of carbonyl (C=O) groups is 1. The Kier molecular flexibility index (Phi) is 5.12. The molecule has 0 saturated carbocycles. The Labute approximate surface area is 143 Å². The third kappa shape index (κ3) is 4.36. The fourth-order valence-electron chi connectivity index (χ4n) is 2.06. The van der Waals surface area contributed by atoms with E-state index in [1.165, 1.54) is 0 Å². The van der Waals surface area contributed by atoms with E-state index >= 15 is 0 Å². The van der Waals surface area contributed by atoms with Crippen LogP contribution in [0.15, 0.2) is 47.1 Å².